The lowest BCUT2D eigenvalue weighted by atomic mass is 10.0. The number of para-hydroxylation sites is 1. The number of carboxylic acids is 2. The molecule has 4 aromatic carbocycles. The average molecular weight is 558 g/mol. The molecular formula is C32H31NO8. The average Bonchev–Trinajstić information content (AvgIpc) is 2.99. The summed E-state index contributed by atoms with van der Waals surface area (Å²) in [4.78, 5) is 22.3. The van der Waals surface area contributed by atoms with E-state index < -0.39 is 11.9 Å². The minimum Gasteiger partial charge on any atom is -0.491 e. The molecule has 0 bridgehead atoms. The second-order valence-electron chi connectivity index (χ2n) is 8.83. The molecule has 9 heteroatoms. The molecule has 0 aliphatic heterocycles. The van der Waals surface area contributed by atoms with Crippen LogP contribution in [-0.2, 0) is 9.47 Å². The summed E-state index contributed by atoms with van der Waals surface area (Å²) in [6.45, 7) is 2.50. The summed E-state index contributed by atoms with van der Waals surface area (Å²) in [5, 5.41) is 21.4. The summed E-state index contributed by atoms with van der Waals surface area (Å²) in [6, 6.07) is 28.3. The third kappa shape index (κ3) is 9.10. The molecule has 0 unspecified atom stereocenters. The van der Waals surface area contributed by atoms with E-state index >= 15 is 0 Å². The fourth-order valence-electron chi connectivity index (χ4n) is 3.88. The van der Waals surface area contributed by atoms with Crippen molar-refractivity contribution in [2.24, 2.45) is 0 Å². The standard InChI is InChI=1S/C32H31NO8/c34-31(35)25-7-5-23(6-8-25)24-9-13-27(14-10-24)40-21-19-38-17-18-39-20-22-41-28-15-11-26(12-16-28)33-30-4-2-1-3-29(30)32(36)37/h1-16,33H,17-22H2,(H,34,35)(H,36,37). The van der Waals surface area contributed by atoms with Crippen LogP contribution >= 0.6 is 0 Å². The van der Waals surface area contributed by atoms with Gasteiger partial charge in [-0.05, 0) is 71.8 Å². The van der Waals surface area contributed by atoms with E-state index in [0.29, 0.717) is 51.1 Å². The first-order valence-electron chi connectivity index (χ1n) is 13.0. The SMILES string of the molecule is O=C(O)c1ccc(-c2ccc(OCCOCCOCCOc3ccc(Nc4ccccc4C(=O)O)cc3)cc2)cc1. The van der Waals surface area contributed by atoms with Gasteiger partial charge in [-0.15, -0.1) is 0 Å². The summed E-state index contributed by atoms with van der Waals surface area (Å²) >= 11 is 0. The Morgan fingerprint density at radius 1 is 0.561 bits per heavy atom. The molecule has 4 rings (SSSR count). The van der Waals surface area contributed by atoms with E-state index in [0.717, 1.165) is 22.6 Å². The molecule has 0 amide bonds. The van der Waals surface area contributed by atoms with E-state index in [1.807, 2.05) is 36.4 Å². The monoisotopic (exact) mass is 557 g/mol. The van der Waals surface area contributed by atoms with Crippen LogP contribution in [0.25, 0.3) is 11.1 Å². The van der Waals surface area contributed by atoms with E-state index in [4.69, 9.17) is 24.1 Å². The normalized spacial score (nSPS) is 10.6. The molecule has 0 aromatic heterocycles. The van der Waals surface area contributed by atoms with E-state index in [9.17, 15) is 14.7 Å². The lowest BCUT2D eigenvalue weighted by molar-refractivity contribution is 0.0273. The van der Waals surface area contributed by atoms with Crippen molar-refractivity contribution in [1.29, 1.82) is 0 Å². The van der Waals surface area contributed by atoms with Gasteiger partial charge >= 0.3 is 11.9 Å². The highest BCUT2D eigenvalue weighted by molar-refractivity contribution is 5.95. The van der Waals surface area contributed by atoms with Gasteiger partial charge in [-0.1, -0.05) is 36.4 Å². The molecule has 41 heavy (non-hydrogen) atoms. The molecular weight excluding hydrogens is 526 g/mol. The van der Waals surface area contributed by atoms with Crippen molar-refractivity contribution >= 4 is 23.3 Å². The largest absolute Gasteiger partial charge is 0.491 e. The van der Waals surface area contributed by atoms with Crippen molar-refractivity contribution in [3.63, 3.8) is 0 Å². The minimum atomic E-state index is -0.987. The first-order chi connectivity index (χ1) is 20.0. The fraction of sp³-hybridized carbons (Fsp3) is 0.188. The Balaban J connectivity index is 1.04. The molecule has 0 saturated heterocycles. The molecule has 0 fully saturated rings. The van der Waals surface area contributed by atoms with Gasteiger partial charge in [-0.3, -0.25) is 0 Å². The molecule has 3 N–H and O–H groups in total. The van der Waals surface area contributed by atoms with Gasteiger partial charge in [0.2, 0.25) is 0 Å². The fourth-order valence-corrected chi connectivity index (χ4v) is 3.88. The van der Waals surface area contributed by atoms with Crippen LogP contribution in [0.4, 0.5) is 11.4 Å². The number of hydrogen-bond acceptors (Lipinski definition) is 7. The zero-order chi connectivity index (χ0) is 28.9. The Kier molecular flexibility index (Phi) is 10.7. The number of carbonyl (C=O) groups is 2. The maximum absolute atomic E-state index is 11.3. The number of anilines is 2. The predicted octanol–water partition coefficient (Wildman–Crippen LogP) is 5.98. The molecule has 9 nitrogen and oxygen atoms in total. The number of ether oxygens (including phenoxy) is 4. The first kappa shape index (κ1) is 29.1. The highest BCUT2D eigenvalue weighted by atomic mass is 16.6. The Morgan fingerprint density at radius 3 is 1.59 bits per heavy atom. The molecule has 0 heterocycles. The quantitative estimate of drug-likeness (QED) is 0.143. The summed E-state index contributed by atoms with van der Waals surface area (Å²) in [5.74, 6) is -0.524. The maximum Gasteiger partial charge on any atom is 0.337 e. The van der Waals surface area contributed by atoms with Crippen LogP contribution in [0.1, 0.15) is 20.7 Å². The van der Waals surface area contributed by atoms with Gasteiger partial charge in [0, 0.05) is 5.69 Å². The molecule has 0 radical (unpaired) electrons. The molecule has 0 saturated carbocycles. The highest BCUT2D eigenvalue weighted by Gasteiger charge is 2.09. The van der Waals surface area contributed by atoms with Gasteiger partial charge in [-0.2, -0.15) is 0 Å². The van der Waals surface area contributed by atoms with Gasteiger partial charge < -0.3 is 34.5 Å². The van der Waals surface area contributed by atoms with Crippen LogP contribution in [0.15, 0.2) is 97.1 Å². The molecule has 0 aliphatic rings. The van der Waals surface area contributed by atoms with Gasteiger partial charge in [0.25, 0.3) is 0 Å². The smallest absolute Gasteiger partial charge is 0.337 e. The molecule has 4 aromatic rings. The van der Waals surface area contributed by atoms with Crippen LogP contribution in [0.5, 0.6) is 11.5 Å². The van der Waals surface area contributed by atoms with Crippen LogP contribution < -0.4 is 14.8 Å². The van der Waals surface area contributed by atoms with Crippen molar-refractivity contribution in [2.45, 2.75) is 0 Å². The second kappa shape index (κ2) is 15.1. The van der Waals surface area contributed by atoms with Crippen LogP contribution in [0, 0.1) is 0 Å². The van der Waals surface area contributed by atoms with Crippen LogP contribution in [0.2, 0.25) is 0 Å². The Labute approximate surface area is 237 Å². The number of rotatable bonds is 16. The Hall–Kier alpha value is -4.86. The predicted molar refractivity (Wildman–Crippen MR) is 155 cm³/mol. The number of aromatic carboxylic acids is 2. The van der Waals surface area contributed by atoms with Crippen molar-refractivity contribution in [3.8, 4) is 22.6 Å². The zero-order valence-electron chi connectivity index (χ0n) is 22.3. The van der Waals surface area contributed by atoms with Gasteiger partial charge in [-0.25, -0.2) is 9.59 Å². The first-order valence-corrected chi connectivity index (χ1v) is 13.0. The summed E-state index contributed by atoms with van der Waals surface area (Å²) < 4.78 is 22.5. The van der Waals surface area contributed by atoms with Gasteiger partial charge in [0.05, 0.1) is 43.2 Å². The summed E-state index contributed by atoms with van der Waals surface area (Å²) in [7, 11) is 0. The lowest BCUT2D eigenvalue weighted by Crippen LogP contribution is -2.13. The molecule has 212 valence electrons. The lowest BCUT2D eigenvalue weighted by Gasteiger charge is -2.11. The number of hydrogen-bond donors (Lipinski definition) is 3. The van der Waals surface area contributed by atoms with Crippen LogP contribution in [-0.4, -0.2) is 61.8 Å². The van der Waals surface area contributed by atoms with Crippen molar-refractivity contribution in [3.05, 3.63) is 108 Å². The summed E-state index contributed by atoms with van der Waals surface area (Å²) in [6.07, 6.45) is 0. The van der Waals surface area contributed by atoms with Crippen molar-refractivity contribution in [2.75, 3.05) is 45.0 Å². The number of carboxylic acid groups (broad SMARTS) is 2. The highest BCUT2D eigenvalue weighted by Crippen LogP contribution is 2.24. The van der Waals surface area contributed by atoms with Crippen molar-refractivity contribution in [1.82, 2.24) is 0 Å². The van der Waals surface area contributed by atoms with E-state index in [1.165, 1.54) is 0 Å². The van der Waals surface area contributed by atoms with Gasteiger partial charge in [0.15, 0.2) is 0 Å². The molecule has 0 aliphatic carbocycles. The third-order valence-electron chi connectivity index (χ3n) is 5.98. The van der Waals surface area contributed by atoms with Gasteiger partial charge in [0.1, 0.15) is 24.7 Å². The third-order valence-corrected chi connectivity index (χ3v) is 5.98. The molecule has 0 atom stereocenters. The topological polar surface area (TPSA) is 124 Å². The van der Waals surface area contributed by atoms with E-state index in [-0.39, 0.29) is 11.1 Å². The molecule has 0 spiro atoms. The maximum atomic E-state index is 11.3. The number of nitrogens with one attached hydrogen (secondary N) is 1. The van der Waals surface area contributed by atoms with E-state index in [2.05, 4.69) is 5.32 Å². The van der Waals surface area contributed by atoms with Crippen molar-refractivity contribution < 1.29 is 38.7 Å². The minimum absolute atomic E-state index is 0.205. The Morgan fingerprint density at radius 2 is 1.05 bits per heavy atom. The van der Waals surface area contributed by atoms with Crippen LogP contribution in [0.3, 0.4) is 0 Å². The van der Waals surface area contributed by atoms with E-state index in [1.54, 1.807) is 60.7 Å². The number of benzene rings is 4. The Bertz CT molecular complexity index is 1400. The second-order valence-corrected chi connectivity index (χ2v) is 8.83. The summed E-state index contributed by atoms with van der Waals surface area (Å²) in [5.41, 5.74) is 3.64. The zero-order valence-corrected chi connectivity index (χ0v) is 22.3.